The summed E-state index contributed by atoms with van der Waals surface area (Å²) >= 11 is 0. The van der Waals surface area contributed by atoms with Gasteiger partial charge in [-0.05, 0) is 17.7 Å². The predicted octanol–water partition coefficient (Wildman–Crippen LogP) is 1.75. The monoisotopic (exact) mass is 280 g/mol. The van der Waals surface area contributed by atoms with Crippen LogP contribution in [-0.2, 0) is 4.79 Å². The molecule has 2 atom stereocenters. The zero-order valence-electron chi connectivity index (χ0n) is 9.72. The molecular weight excluding hydrogens is 269 g/mol. The molecule has 0 radical (unpaired) electrons. The Balaban J connectivity index is 3.06. The van der Waals surface area contributed by atoms with Crippen molar-refractivity contribution >= 4 is 5.97 Å². The van der Waals surface area contributed by atoms with Crippen LogP contribution in [0.2, 0.25) is 0 Å². The van der Waals surface area contributed by atoms with Gasteiger partial charge in [0.1, 0.15) is 6.10 Å². The molecule has 19 heavy (non-hydrogen) atoms. The van der Waals surface area contributed by atoms with E-state index in [1.54, 1.807) is 0 Å². The molecule has 1 aromatic rings. The van der Waals surface area contributed by atoms with Gasteiger partial charge in [0.05, 0.1) is 7.11 Å². The smallest absolute Gasteiger partial charge is 0.387 e. The first-order valence-electron chi connectivity index (χ1n) is 5.04. The normalized spacial score (nSPS) is 14.0. The lowest BCUT2D eigenvalue weighted by Crippen LogP contribution is -2.23. The largest absolute Gasteiger partial charge is 0.493 e. The Hall–Kier alpha value is -1.96. The maximum atomic E-state index is 13.1. The van der Waals surface area contributed by atoms with E-state index in [0.29, 0.717) is 0 Å². The van der Waals surface area contributed by atoms with Crippen molar-refractivity contribution in [2.75, 3.05) is 7.11 Å². The third-order valence-corrected chi connectivity index (χ3v) is 2.26. The molecule has 0 spiro atoms. The number of hydrogen-bond donors (Lipinski definition) is 2. The fourth-order valence-corrected chi connectivity index (χ4v) is 1.37. The van der Waals surface area contributed by atoms with Gasteiger partial charge in [0, 0.05) is 0 Å². The fourth-order valence-electron chi connectivity index (χ4n) is 1.37. The van der Waals surface area contributed by atoms with E-state index in [-0.39, 0.29) is 11.3 Å². The highest BCUT2D eigenvalue weighted by Crippen LogP contribution is 2.32. The maximum absolute atomic E-state index is 13.1. The van der Waals surface area contributed by atoms with Crippen LogP contribution in [-0.4, -0.2) is 36.1 Å². The van der Waals surface area contributed by atoms with E-state index in [0.717, 1.165) is 18.2 Å². The van der Waals surface area contributed by atoms with Crippen molar-refractivity contribution in [1.29, 1.82) is 0 Å². The molecule has 0 heterocycles. The van der Waals surface area contributed by atoms with Crippen molar-refractivity contribution in [2.24, 2.45) is 0 Å². The minimum atomic E-state index is -3.14. The van der Waals surface area contributed by atoms with E-state index in [2.05, 4.69) is 4.74 Å². The number of carboxylic acid groups (broad SMARTS) is 1. The lowest BCUT2D eigenvalue weighted by molar-refractivity contribution is -0.147. The second-order valence-corrected chi connectivity index (χ2v) is 3.47. The van der Waals surface area contributed by atoms with Gasteiger partial charge in [0.25, 0.3) is 0 Å². The van der Waals surface area contributed by atoms with E-state index in [4.69, 9.17) is 9.84 Å². The molecule has 0 aliphatic carbocycles. The van der Waals surface area contributed by atoms with Crippen LogP contribution < -0.4 is 9.47 Å². The second kappa shape index (κ2) is 6.28. The van der Waals surface area contributed by atoms with Gasteiger partial charge in [0.2, 0.25) is 6.17 Å². The predicted molar refractivity (Wildman–Crippen MR) is 57.1 cm³/mol. The quantitative estimate of drug-likeness (QED) is 0.830. The zero-order chi connectivity index (χ0) is 14.6. The Morgan fingerprint density at radius 3 is 2.37 bits per heavy atom. The molecule has 2 unspecified atom stereocenters. The molecule has 1 rings (SSSR count). The molecule has 0 saturated heterocycles. The summed E-state index contributed by atoms with van der Waals surface area (Å²) in [5.74, 6) is -2.34. The van der Waals surface area contributed by atoms with Gasteiger partial charge in [-0.15, -0.1) is 0 Å². The summed E-state index contributed by atoms with van der Waals surface area (Å²) < 4.78 is 46.3. The van der Waals surface area contributed by atoms with E-state index in [1.807, 2.05) is 0 Å². The molecule has 2 N–H and O–H groups in total. The Morgan fingerprint density at radius 2 is 1.89 bits per heavy atom. The number of hydrogen-bond acceptors (Lipinski definition) is 4. The summed E-state index contributed by atoms with van der Waals surface area (Å²) in [6.45, 7) is -3.14. The van der Waals surface area contributed by atoms with E-state index < -0.39 is 30.6 Å². The standard InChI is InChI=1S/C11H11F3O5/c1-18-6-3-2-5(4-7(6)19-11(13)14)9(15)8(12)10(16)17/h2-4,8-9,11,15H,1H3,(H,16,17). The summed E-state index contributed by atoms with van der Waals surface area (Å²) in [7, 11) is 1.21. The van der Waals surface area contributed by atoms with Crippen molar-refractivity contribution in [1.82, 2.24) is 0 Å². The van der Waals surface area contributed by atoms with Gasteiger partial charge in [-0.2, -0.15) is 8.78 Å². The lowest BCUT2D eigenvalue weighted by Gasteiger charge is -2.15. The number of ether oxygens (including phenoxy) is 2. The highest BCUT2D eigenvalue weighted by Gasteiger charge is 2.28. The minimum Gasteiger partial charge on any atom is -0.493 e. The SMILES string of the molecule is COc1ccc(C(O)C(F)C(=O)O)cc1OC(F)F. The zero-order valence-corrected chi connectivity index (χ0v) is 9.72. The fraction of sp³-hybridized carbons (Fsp3) is 0.364. The summed E-state index contributed by atoms with van der Waals surface area (Å²) in [5, 5.41) is 17.9. The van der Waals surface area contributed by atoms with E-state index >= 15 is 0 Å². The first kappa shape index (κ1) is 15.1. The summed E-state index contributed by atoms with van der Waals surface area (Å²) in [4.78, 5) is 10.4. The van der Waals surface area contributed by atoms with Crippen molar-refractivity contribution in [2.45, 2.75) is 18.9 Å². The highest BCUT2D eigenvalue weighted by molar-refractivity contribution is 5.73. The average Bonchev–Trinajstić information content (AvgIpc) is 2.36. The molecule has 8 heteroatoms. The number of carbonyl (C=O) groups is 1. The Labute approximate surface area is 106 Å². The van der Waals surface area contributed by atoms with E-state index in [9.17, 15) is 23.1 Å². The van der Waals surface area contributed by atoms with Gasteiger partial charge in [0.15, 0.2) is 11.5 Å². The molecule has 0 aliphatic rings. The van der Waals surface area contributed by atoms with Crippen LogP contribution in [0, 0.1) is 0 Å². The molecule has 0 amide bonds. The maximum Gasteiger partial charge on any atom is 0.387 e. The molecular formula is C11H11F3O5. The number of carboxylic acids is 1. The molecule has 106 valence electrons. The van der Waals surface area contributed by atoms with Crippen molar-refractivity contribution in [3.8, 4) is 11.5 Å². The molecule has 0 bridgehead atoms. The van der Waals surface area contributed by atoms with Gasteiger partial charge < -0.3 is 19.7 Å². The Bertz CT molecular complexity index is 452. The summed E-state index contributed by atoms with van der Waals surface area (Å²) in [5.41, 5.74) is -0.216. The Morgan fingerprint density at radius 1 is 1.26 bits per heavy atom. The molecule has 1 aromatic carbocycles. The number of halogens is 3. The number of rotatable bonds is 6. The highest BCUT2D eigenvalue weighted by atomic mass is 19.3. The number of aliphatic hydroxyl groups is 1. The minimum absolute atomic E-state index is 0.0537. The van der Waals surface area contributed by atoms with Crippen LogP contribution in [0.5, 0.6) is 11.5 Å². The van der Waals surface area contributed by atoms with Gasteiger partial charge in [-0.3, -0.25) is 0 Å². The van der Waals surface area contributed by atoms with E-state index in [1.165, 1.54) is 7.11 Å². The van der Waals surface area contributed by atoms with Crippen molar-refractivity contribution in [3.05, 3.63) is 23.8 Å². The average molecular weight is 280 g/mol. The molecule has 0 aromatic heterocycles. The van der Waals surface area contributed by atoms with Gasteiger partial charge >= 0.3 is 12.6 Å². The lowest BCUT2D eigenvalue weighted by atomic mass is 10.0. The topological polar surface area (TPSA) is 76.0 Å². The van der Waals surface area contributed by atoms with Crippen LogP contribution >= 0.6 is 0 Å². The number of methoxy groups -OCH3 is 1. The van der Waals surface area contributed by atoms with Gasteiger partial charge in [-0.25, -0.2) is 9.18 Å². The Kier molecular flexibility index (Phi) is 4.99. The van der Waals surface area contributed by atoms with Crippen LogP contribution in [0.4, 0.5) is 13.2 Å². The molecule has 0 aliphatic heterocycles. The number of benzene rings is 1. The molecule has 5 nitrogen and oxygen atoms in total. The summed E-state index contributed by atoms with van der Waals surface area (Å²) in [6, 6.07) is 3.20. The van der Waals surface area contributed by atoms with Gasteiger partial charge in [-0.1, -0.05) is 6.07 Å². The van der Waals surface area contributed by atoms with Crippen LogP contribution in [0.3, 0.4) is 0 Å². The van der Waals surface area contributed by atoms with Crippen LogP contribution in [0.25, 0.3) is 0 Å². The van der Waals surface area contributed by atoms with Crippen molar-refractivity contribution in [3.63, 3.8) is 0 Å². The van der Waals surface area contributed by atoms with Crippen molar-refractivity contribution < 1.29 is 37.7 Å². The number of aliphatic hydroxyl groups excluding tert-OH is 1. The van der Waals surface area contributed by atoms with Crippen LogP contribution in [0.1, 0.15) is 11.7 Å². The molecule has 0 saturated carbocycles. The number of aliphatic carboxylic acids is 1. The first-order valence-corrected chi connectivity index (χ1v) is 5.04. The summed E-state index contributed by atoms with van der Waals surface area (Å²) in [6.07, 6.45) is -4.57. The number of alkyl halides is 3. The second-order valence-electron chi connectivity index (χ2n) is 3.47. The first-order chi connectivity index (χ1) is 8.86. The third kappa shape index (κ3) is 3.75. The molecule has 0 fully saturated rings. The third-order valence-electron chi connectivity index (χ3n) is 2.26. The van der Waals surface area contributed by atoms with Crippen LogP contribution in [0.15, 0.2) is 18.2 Å².